The molecule has 2 bridgehead atoms. The average Bonchev–Trinajstić information content (AvgIpc) is 2.81. The van der Waals surface area contributed by atoms with E-state index in [0.717, 1.165) is 12.8 Å². The van der Waals surface area contributed by atoms with Crippen molar-refractivity contribution in [3.8, 4) is 0 Å². The second-order valence-corrected chi connectivity index (χ2v) is 6.10. The van der Waals surface area contributed by atoms with Gasteiger partial charge in [-0.1, -0.05) is 0 Å². The molecule has 0 atom stereocenters. The van der Waals surface area contributed by atoms with Gasteiger partial charge in [0.25, 0.3) is 0 Å². The Morgan fingerprint density at radius 2 is 1.78 bits per heavy atom. The molecule has 0 spiro atoms. The fraction of sp³-hybridized carbons (Fsp3) is 0.846. The second-order valence-electron chi connectivity index (χ2n) is 6.10. The number of methoxy groups -OCH3 is 1. The van der Waals surface area contributed by atoms with Crippen LogP contribution in [0.1, 0.15) is 46.5 Å². The first-order chi connectivity index (χ1) is 8.30. The summed E-state index contributed by atoms with van der Waals surface area (Å²) in [6.07, 6.45) is 2.68. The summed E-state index contributed by atoms with van der Waals surface area (Å²) in [5.41, 5.74) is -1.32. The Kier molecular flexibility index (Phi) is 3.03. The highest BCUT2D eigenvalue weighted by atomic mass is 16.6. The van der Waals surface area contributed by atoms with Gasteiger partial charge in [0.2, 0.25) is 0 Å². The van der Waals surface area contributed by atoms with Crippen LogP contribution in [0.25, 0.3) is 0 Å². The molecular formula is C13H21NO4. The Morgan fingerprint density at radius 3 is 2.22 bits per heavy atom. The first-order valence-electron chi connectivity index (χ1n) is 6.41. The maximum absolute atomic E-state index is 12.2. The van der Waals surface area contributed by atoms with Crippen LogP contribution >= 0.6 is 0 Å². The van der Waals surface area contributed by atoms with E-state index in [4.69, 9.17) is 9.47 Å². The number of hydrogen-bond acceptors (Lipinski definition) is 4. The fourth-order valence-corrected chi connectivity index (χ4v) is 3.06. The first kappa shape index (κ1) is 13.2. The number of amides is 1. The van der Waals surface area contributed by atoms with E-state index in [1.165, 1.54) is 7.11 Å². The summed E-state index contributed by atoms with van der Waals surface area (Å²) in [7, 11) is 1.37. The molecule has 5 heteroatoms. The summed E-state index contributed by atoms with van der Waals surface area (Å²) in [5.74, 6) is -0.312. The Labute approximate surface area is 107 Å². The molecule has 0 radical (unpaired) electrons. The molecule has 0 N–H and O–H groups in total. The van der Waals surface area contributed by atoms with E-state index >= 15 is 0 Å². The largest absolute Gasteiger partial charge is 0.467 e. The zero-order valence-corrected chi connectivity index (χ0v) is 11.5. The summed E-state index contributed by atoms with van der Waals surface area (Å²) in [5, 5.41) is 0. The molecule has 0 aromatic carbocycles. The Morgan fingerprint density at radius 1 is 1.22 bits per heavy atom. The minimum Gasteiger partial charge on any atom is -0.467 e. The van der Waals surface area contributed by atoms with Crippen molar-refractivity contribution in [1.82, 2.24) is 4.90 Å². The third kappa shape index (κ3) is 1.95. The van der Waals surface area contributed by atoms with Gasteiger partial charge in [-0.05, 0) is 46.5 Å². The van der Waals surface area contributed by atoms with Crippen molar-refractivity contribution in [1.29, 1.82) is 0 Å². The summed E-state index contributed by atoms with van der Waals surface area (Å²) in [6, 6.07) is 0.124. The lowest BCUT2D eigenvalue weighted by atomic mass is 9.88. The Balaban J connectivity index is 2.22. The number of ether oxygens (including phenoxy) is 2. The van der Waals surface area contributed by atoms with Crippen LogP contribution in [0.15, 0.2) is 0 Å². The second kappa shape index (κ2) is 4.14. The molecule has 2 aliphatic rings. The quantitative estimate of drug-likeness (QED) is 0.673. The number of carbonyl (C=O) groups excluding carboxylic acids is 2. The first-order valence-corrected chi connectivity index (χ1v) is 6.41. The molecule has 1 amide bonds. The minimum atomic E-state index is -0.776. The predicted octanol–water partition coefficient (Wildman–Crippen LogP) is 2.09. The van der Waals surface area contributed by atoms with Crippen LogP contribution in [-0.4, -0.2) is 41.3 Å². The Bertz CT molecular complexity index is 364. The SMILES string of the molecule is COC(=O)C12CCC(CC1)N2C(=O)OC(C)(C)C. The van der Waals surface area contributed by atoms with E-state index in [9.17, 15) is 9.59 Å². The predicted molar refractivity (Wildman–Crippen MR) is 65.1 cm³/mol. The van der Waals surface area contributed by atoms with Crippen molar-refractivity contribution in [2.75, 3.05) is 7.11 Å². The van der Waals surface area contributed by atoms with E-state index in [2.05, 4.69) is 0 Å². The monoisotopic (exact) mass is 255 g/mol. The van der Waals surface area contributed by atoms with Gasteiger partial charge < -0.3 is 9.47 Å². The van der Waals surface area contributed by atoms with E-state index in [-0.39, 0.29) is 12.0 Å². The molecule has 0 aliphatic carbocycles. The van der Waals surface area contributed by atoms with Gasteiger partial charge in [-0.3, -0.25) is 4.90 Å². The molecule has 0 aromatic rings. The molecule has 2 saturated heterocycles. The van der Waals surface area contributed by atoms with Gasteiger partial charge in [-0.15, -0.1) is 0 Å². The van der Waals surface area contributed by atoms with Crippen molar-refractivity contribution in [3.05, 3.63) is 0 Å². The molecule has 102 valence electrons. The minimum absolute atomic E-state index is 0.124. The highest BCUT2D eigenvalue weighted by Gasteiger charge is 2.60. The number of hydrogen-bond donors (Lipinski definition) is 0. The van der Waals surface area contributed by atoms with Gasteiger partial charge in [0.05, 0.1) is 7.11 Å². The van der Waals surface area contributed by atoms with Gasteiger partial charge >= 0.3 is 12.1 Å². The van der Waals surface area contributed by atoms with E-state index in [1.807, 2.05) is 20.8 Å². The highest BCUT2D eigenvalue weighted by molar-refractivity contribution is 5.87. The molecule has 5 nitrogen and oxygen atoms in total. The van der Waals surface area contributed by atoms with Crippen LogP contribution in [0.5, 0.6) is 0 Å². The van der Waals surface area contributed by atoms with Gasteiger partial charge in [-0.25, -0.2) is 9.59 Å². The smallest absolute Gasteiger partial charge is 0.411 e. The van der Waals surface area contributed by atoms with Crippen molar-refractivity contribution in [3.63, 3.8) is 0 Å². The maximum Gasteiger partial charge on any atom is 0.411 e. The van der Waals surface area contributed by atoms with Gasteiger partial charge in [0, 0.05) is 6.04 Å². The number of carbonyl (C=O) groups is 2. The molecule has 2 fully saturated rings. The van der Waals surface area contributed by atoms with Crippen molar-refractivity contribution < 1.29 is 19.1 Å². The van der Waals surface area contributed by atoms with E-state index in [0.29, 0.717) is 12.8 Å². The van der Waals surface area contributed by atoms with Crippen LogP contribution in [0, 0.1) is 0 Å². The summed E-state index contributed by atoms with van der Waals surface area (Å²) >= 11 is 0. The van der Waals surface area contributed by atoms with Crippen LogP contribution < -0.4 is 0 Å². The van der Waals surface area contributed by atoms with Crippen molar-refractivity contribution in [2.45, 2.75) is 63.6 Å². The van der Waals surface area contributed by atoms with Crippen molar-refractivity contribution in [2.24, 2.45) is 0 Å². The molecule has 0 unspecified atom stereocenters. The normalized spacial score (nSPS) is 30.4. The van der Waals surface area contributed by atoms with Crippen LogP contribution in [0.3, 0.4) is 0 Å². The molecule has 2 rings (SSSR count). The molecule has 0 saturated carbocycles. The summed E-state index contributed by atoms with van der Waals surface area (Å²) in [6.45, 7) is 5.48. The zero-order chi connectivity index (χ0) is 13.6. The average molecular weight is 255 g/mol. The molecule has 2 heterocycles. The number of rotatable bonds is 1. The summed E-state index contributed by atoms with van der Waals surface area (Å²) < 4.78 is 10.3. The van der Waals surface area contributed by atoms with Crippen molar-refractivity contribution >= 4 is 12.1 Å². The van der Waals surface area contributed by atoms with Crippen LogP contribution in [-0.2, 0) is 14.3 Å². The number of esters is 1. The number of fused-ring (bicyclic) bond motifs is 2. The van der Waals surface area contributed by atoms with Gasteiger partial charge in [0.15, 0.2) is 0 Å². The maximum atomic E-state index is 12.2. The zero-order valence-electron chi connectivity index (χ0n) is 11.5. The molecular weight excluding hydrogens is 234 g/mol. The molecule has 2 aliphatic heterocycles. The standard InChI is InChI=1S/C13H21NO4/c1-12(2,3)18-11(16)14-9-5-7-13(14,8-6-9)10(15)17-4/h9H,5-8H2,1-4H3. The Hall–Kier alpha value is -1.26. The van der Waals surface area contributed by atoms with Gasteiger partial charge in [-0.2, -0.15) is 0 Å². The molecule has 0 aromatic heterocycles. The van der Waals surface area contributed by atoms with E-state index in [1.54, 1.807) is 4.90 Å². The fourth-order valence-electron chi connectivity index (χ4n) is 3.06. The lowest BCUT2D eigenvalue weighted by Crippen LogP contribution is -2.52. The van der Waals surface area contributed by atoms with Gasteiger partial charge in [0.1, 0.15) is 11.1 Å². The molecule has 18 heavy (non-hydrogen) atoms. The summed E-state index contributed by atoms with van der Waals surface area (Å²) in [4.78, 5) is 25.9. The highest BCUT2D eigenvalue weighted by Crippen LogP contribution is 2.47. The lowest BCUT2D eigenvalue weighted by Gasteiger charge is -2.33. The lowest BCUT2D eigenvalue weighted by molar-refractivity contribution is -0.152. The topological polar surface area (TPSA) is 55.8 Å². The van der Waals surface area contributed by atoms with E-state index < -0.39 is 17.2 Å². The number of nitrogens with zero attached hydrogens (tertiary/aromatic N) is 1. The third-order valence-electron chi connectivity index (χ3n) is 3.76. The van der Waals surface area contributed by atoms with Crippen LogP contribution in [0.2, 0.25) is 0 Å². The third-order valence-corrected chi connectivity index (χ3v) is 3.76. The van der Waals surface area contributed by atoms with Crippen LogP contribution in [0.4, 0.5) is 4.79 Å².